The molecule has 0 heterocycles. The Bertz CT molecular complexity index is 838. The number of anilines is 1. The van der Waals surface area contributed by atoms with Gasteiger partial charge in [0.15, 0.2) is 0 Å². The highest BCUT2D eigenvalue weighted by atomic mass is 35.5. The van der Waals surface area contributed by atoms with Gasteiger partial charge in [0.1, 0.15) is 16.5 Å². The standard InChI is InChI=1S/C16H16ClF2NO2S/c1-3-10-5-7-13(17)12(4-2)16(10)20-23(21,22)15-8-6-11(18)9-14(15)19/h5-9,20H,3-4H2,1-2H3. The molecule has 0 amide bonds. The molecule has 23 heavy (non-hydrogen) atoms. The zero-order valence-corrected chi connectivity index (χ0v) is 14.2. The van der Waals surface area contributed by atoms with Crippen LogP contribution < -0.4 is 4.72 Å². The first-order valence-corrected chi connectivity index (χ1v) is 8.94. The maximum absolute atomic E-state index is 13.8. The molecular weight excluding hydrogens is 344 g/mol. The van der Waals surface area contributed by atoms with Crippen molar-refractivity contribution in [1.82, 2.24) is 0 Å². The molecule has 2 aromatic rings. The lowest BCUT2D eigenvalue weighted by Crippen LogP contribution is -2.17. The van der Waals surface area contributed by atoms with Crippen molar-refractivity contribution in [2.75, 3.05) is 4.72 Å². The first-order valence-electron chi connectivity index (χ1n) is 7.08. The lowest BCUT2D eigenvalue weighted by molar-refractivity contribution is 0.551. The molecule has 1 N–H and O–H groups in total. The Kier molecular flexibility index (Phi) is 5.26. The molecular formula is C16H16ClF2NO2S. The van der Waals surface area contributed by atoms with Gasteiger partial charge in [-0.15, -0.1) is 0 Å². The molecule has 0 spiro atoms. The van der Waals surface area contributed by atoms with Crippen molar-refractivity contribution in [1.29, 1.82) is 0 Å². The topological polar surface area (TPSA) is 46.2 Å². The number of benzene rings is 2. The van der Waals surface area contributed by atoms with Crippen LogP contribution in [0.3, 0.4) is 0 Å². The Morgan fingerprint density at radius 3 is 2.35 bits per heavy atom. The highest BCUT2D eigenvalue weighted by Gasteiger charge is 2.22. The summed E-state index contributed by atoms with van der Waals surface area (Å²) in [6.07, 6.45) is 1.09. The molecule has 124 valence electrons. The third kappa shape index (κ3) is 3.64. The average molecular weight is 360 g/mol. The molecule has 2 aromatic carbocycles. The molecule has 0 radical (unpaired) electrons. The Labute approximate surface area is 139 Å². The van der Waals surface area contributed by atoms with E-state index in [-0.39, 0.29) is 0 Å². The fraction of sp³-hybridized carbons (Fsp3) is 0.250. The van der Waals surface area contributed by atoms with Crippen LogP contribution >= 0.6 is 11.6 Å². The Balaban J connectivity index is 2.55. The zero-order chi connectivity index (χ0) is 17.2. The van der Waals surface area contributed by atoms with Crippen molar-refractivity contribution < 1.29 is 17.2 Å². The van der Waals surface area contributed by atoms with Crippen molar-refractivity contribution in [3.05, 3.63) is 58.1 Å². The molecule has 0 aliphatic heterocycles. The van der Waals surface area contributed by atoms with Crippen LogP contribution in [0.15, 0.2) is 35.2 Å². The second kappa shape index (κ2) is 6.84. The molecule has 0 aromatic heterocycles. The van der Waals surface area contributed by atoms with E-state index >= 15 is 0 Å². The molecule has 0 aliphatic rings. The summed E-state index contributed by atoms with van der Waals surface area (Å²) in [5.74, 6) is -1.98. The Morgan fingerprint density at radius 2 is 1.78 bits per heavy atom. The largest absolute Gasteiger partial charge is 0.279 e. The lowest BCUT2D eigenvalue weighted by atomic mass is 10.0. The summed E-state index contributed by atoms with van der Waals surface area (Å²) < 4.78 is 54.1. The van der Waals surface area contributed by atoms with E-state index in [1.807, 2.05) is 13.8 Å². The van der Waals surface area contributed by atoms with E-state index in [0.717, 1.165) is 17.7 Å². The zero-order valence-electron chi connectivity index (χ0n) is 12.7. The molecule has 0 saturated carbocycles. The molecule has 3 nitrogen and oxygen atoms in total. The van der Waals surface area contributed by atoms with Crippen LogP contribution in [0.25, 0.3) is 0 Å². The summed E-state index contributed by atoms with van der Waals surface area (Å²) >= 11 is 6.13. The quantitative estimate of drug-likeness (QED) is 0.851. The molecule has 0 unspecified atom stereocenters. The fourth-order valence-corrected chi connectivity index (χ4v) is 3.81. The van der Waals surface area contributed by atoms with Gasteiger partial charge < -0.3 is 0 Å². The van der Waals surface area contributed by atoms with E-state index in [1.54, 1.807) is 12.1 Å². The first kappa shape index (κ1) is 17.7. The molecule has 0 saturated heterocycles. The molecule has 0 bridgehead atoms. The highest BCUT2D eigenvalue weighted by molar-refractivity contribution is 7.92. The van der Waals surface area contributed by atoms with Gasteiger partial charge in [0, 0.05) is 11.1 Å². The summed E-state index contributed by atoms with van der Waals surface area (Å²) in [4.78, 5) is -0.608. The number of rotatable bonds is 5. The predicted molar refractivity (Wildman–Crippen MR) is 87.4 cm³/mol. The Morgan fingerprint density at radius 1 is 1.09 bits per heavy atom. The van der Waals surface area contributed by atoms with Gasteiger partial charge >= 0.3 is 0 Å². The summed E-state index contributed by atoms with van der Waals surface area (Å²) in [6.45, 7) is 3.72. The van der Waals surface area contributed by atoms with Crippen LogP contribution in [0.5, 0.6) is 0 Å². The smallest absolute Gasteiger partial charge is 0.264 e. The number of hydrogen-bond acceptors (Lipinski definition) is 2. The summed E-state index contributed by atoms with van der Waals surface area (Å²) in [7, 11) is -4.19. The van der Waals surface area contributed by atoms with E-state index in [4.69, 9.17) is 11.6 Å². The van der Waals surface area contributed by atoms with E-state index in [1.165, 1.54) is 0 Å². The Hall–Kier alpha value is -1.66. The van der Waals surface area contributed by atoms with Gasteiger partial charge in [0.05, 0.1) is 5.69 Å². The number of nitrogens with one attached hydrogen (secondary N) is 1. The minimum absolute atomic E-state index is 0.353. The average Bonchev–Trinajstić information content (AvgIpc) is 2.47. The van der Waals surface area contributed by atoms with Gasteiger partial charge in [-0.1, -0.05) is 31.5 Å². The minimum atomic E-state index is -4.19. The van der Waals surface area contributed by atoms with Crippen LogP contribution in [0.1, 0.15) is 25.0 Å². The van der Waals surface area contributed by atoms with Gasteiger partial charge in [0.25, 0.3) is 10.0 Å². The van der Waals surface area contributed by atoms with E-state index in [9.17, 15) is 17.2 Å². The molecule has 0 aliphatic carbocycles. The normalized spacial score (nSPS) is 11.5. The second-order valence-corrected chi connectivity index (χ2v) is 7.01. The minimum Gasteiger partial charge on any atom is -0.279 e. The van der Waals surface area contributed by atoms with Crippen LogP contribution in [-0.4, -0.2) is 8.42 Å². The number of aryl methyl sites for hydroxylation is 1. The van der Waals surface area contributed by atoms with Crippen molar-refractivity contribution in [3.63, 3.8) is 0 Å². The summed E-state index contributed by atoms with van der Waals surface area (Å²) in [5, 5.41) is 0.432. The van der Waals surface area contributed by atoms with Crippen molar-refractivity contribution in [2.45, 2.75) is 31.6 Å². The number of sulfonamides is 1. The maximum atomic E-state index is 13.8. The van der Waals surface area contributed by atoms with Crippen LogP contribution in [0.4, 0.5) is 14.5 Å². The van der Waals surface area contributed by atoms with Crippen LogP contribution in [0, 0.1) is 11.6 Å². The van der Waals surface area contributed by atoms with E-state index in [2.05, 4.69) is 4.72 Å². The predicted octanol–water partition coefficient (Wildman–Crippen LogP) is 4.54. The monoisotopic (exact) mass is 359 g/mol. The fourth-order valence-electron chi connectivity index (χ4n) is 2.32. The third-order valence-electron chi connectivity index (χ3n) is 3.50. The van der Waals surface area contributed by atoms with E-state index in [0.29, 0.717) is 35.2 Å². The van der Waals surface area contributed by atoms with Crippen molar-refractivity contribution in [2.24, 2.45) is 0 Å². The SMILES string of the molecule is CCc1ccc(Cl)c(CC)c1NS(=O)(=O)c1ccc(F)cc1F. The van der Waals surface area contributed by atoms with E-state index < -0.39 is 26.6 Å². The molecule has 2 rings (SSSR count). The summed E-state index contributed by atoms with van der Waals surface area (Å²) in [6, 6.07) is 5.76. The second-order valence-electron chi connectivity index (χ2n) is 4.95. The summed E-state index contributed by atoms with van der Waals surface area (Å²) in [5.41, 5.74) is 1.74. The number of hydrogen-bond donors (Lipinski definition) is 1. The number of halogens is 3. The molecule has 0 atom stereocenters. The van der Waals surface area contributed by atoms with Gasteiger partial charge in [-0.05, 0) is 42.2 Å². The van der Waals surface area contributed by atoms with Gasteiger partial charge in [-0.2, -0.15) is 0 Å². The van der Waals surface area contributed by atoms with Gasteiger partial charge in [-0.3, -0.25) is 4.72 Å². The first-order chi connectivity index (χ1) is 10.8. The maximum Gasteiger partial charge on any atom is 0.264 e. The van der Waals surface area contributed by atoms with Crippen molar-refractivity contribution in [3.8, 4) is 0 Å². The lowest BCUT2D eigenvalue weighted by Gasteiger charge is -2.17. The van der Waals surface area contributed by atoms with Crippen LogP contribution in [-0.2, 0) is 22.9 Å². The van der Waals surface area contributed by atoms with Crippen LogP contribution in [0.2, 0.25) is 5.02 Å². The molecule has 0 fully saturated rings. The van der Waals surface area contributed by atoms with Gasteiger partial charge in [-0.25, -0.2) is 17.2 Å². The molecule has 7 heteroatoms. The highest BCUT2D eigenvalue weighted by Crippen LogP contribution is 2.31. The van der Waals surface area contributed by atoms with Gasteiger partial charge in [0.2, 0.25) is 0 Å². The third-order valence-corrected chi connectivity index (χ3v) is 5.23. The van der Waals surface area contributed by atoms with Crippen molar-refractivity contribution >= 4 is 27.3 Å².